The Morgan fingerprint density at radius 1 is 1.33 bits per heavy atom. The lowest BCUT2D eigenvalue weighted by molar-refractivity contribution is -0.117. The molecule has 2 N–H and O–H groups in total. The highest BCUT2D eigenvalue weighted by atomic mass is 32.1. The SMILES string of the molecule is CCOC(=O)c1c(NC(=O)C(C)NCCCN2CCOCC2)sc2c1CCC(C)C2. The van der Waals surface area contributed by atoms with Crippen molar-refractivity contribution in [3.63, 3.8) is 0 Å². The summed E-state index contributed by atoms with van der Waals surface area (Å²) in [4.78, 5) is 29.0. The number of esters is 1. The zero-order valence-corrected chi connectivity index (χ0v) is 19.2. The summed E-state index contributed by atoms with van der Waals surface area (Å²) in [5.41, 5.74) is 1.63. The van der Waals surface area contributed by atoms with E-state index in [1.807, 2.05) is 6.92 Å². The minimum atomic E-state index is -0.331. The molecule has 1 amide bonds. The maximum Gasteiger partial charge on any atom is 0.341 e. The number of ether oxygens (including phenoxy) is 2. The summed E-state index contributed by atoms with van der Waals surface area (Å²) < 4.78 is 10.7. The van der Waals surface area contributed by atoms with Gasteiger partial charge in [-0.05, 0) is 64.1 Å². The molecule has 1 fully saturated rings. The van der Waals surface area contributed by atoms with Crippen LogP contribution in [0.1, 0.15) is 54.4 Å². The van der Waals surface area contributed by atoms with E-state index in [0.29, 0.717) is 23.1 Å². The fourth-order valence-corrected chi connectivity index (χ4v) is 5.42. The molecule has 3 rings (SSSR count). The van der Waals surface area contributed by atoms with Gasteiger partial charge < -0.3 is 20.1 Å². The number of nitrogens with one attached hydrogen (secondary N) is 2. The molecule has 2 unspecified atom stereocenters. The number of fused-ring (bicyclic) bond motifs is 1. The van der Waals surface area contributed by atoms with Gasteiger partial charge in [-0.2, -0.15) is 0 Å². The van der Waals surface area contributed by atoms with Crippen LogP contribution in [0.3, 0.4) is 0 Å². The van der Waals surface area contributed by atoms with Gasteiger partial charge in [0.2, 0.25) is 5.91 Å². The van der Waals surface area contributed by atoms with Gasteiger partial charge in [0.25, 0.3) is 0 Å². The molecule has 0 saturated carbocycles. The number of amides is 1. The molecule has 0 radical (unpaired) electrons. The van der Waals surface area contributed by atoms with Gasteiger partial charge in [0.05, 0.1) is 31.4 Å². The van der Waals surface area contributed by atoms with Crippen LogP contribution in [0.15, 0.2) is 0 Å². The Labute approximate surface area is 183 Å². The second kappa shape index (κ2) is 11.2. The Morgan fingerprint density at radius 2 is 2.10 bits per heavy atom. The summed E-state index contributed by atoms with van der Waals surface area (Å²) in [6.45, 7) is 11.6. The van der Waals surface area contributed by atoms with Crippen LogP contribution < -0.4 is 10.6 Å². The lowest BCUT2D eigenvalue weighted by Gasteiger charge is -2.26. The summed E-state index contributed by atoms with van der Waals surface area (Å²) >= 11 is 1.53. The monoisotopic (exact) mass is 437 g/mol. The second-order valence-corrected chi connectivity index (χ2v) is 9.35. The van der Waals surface area contributed by atoms with E-state index in [1.54, 1.807) is 6.92 Å². The molecule has 2 heterocycles. The summed E-state index contributed by atoms with van der Waals surface area (Å²) in [7, 11) is 0. The molecule has 0 aromatic carbocycles. The predicted octanol–water partition coefficient (Wildman–Crippen LogP) is 2.69. The first-order valence-corrected chi connectivity index (χ1v) is 12.0. The maximum atomic E-state index is 12.8. The van der Waals surface area contributed by atoms with Gasteiger partial charge in [0.1, 0.15) is 5.00 Å². The van der Waals surface area contributed by atoms with Crippen molar-refractivity contribution in [1.82, 2.24) is 10.2 Å². The van der Waals surface area contributed by atoms with E-state index in [2.05, 4.69) is 22.5 Å². The molecule has 2 aliphatic rings. The lowest BCUT2D eigenvalue weighted by atomic mass is 9.88. The number of nitrogens with zero attached hydrogens (tertiary/aromatic N) is 1. The topological polar surface area (TPSA) is 79.9 Å². The highest BCUT2D eigenvalue weighted by Crippen LogP contribution is 2.40. The van der Waals surface area contributed by atoms with Crippen LogP contribution in [0, 0.1) is 5.92 Å². The van der Waals surface area contributed by atoms with Crippen molar-refractivity contribution in [2.75, 3.05) is 51.3 Å². The van der Waals surface area contributed by atoms with Crippen molar-refractivity contribution in [3.8, 4) is 0 Å². The van der Waals surface area contributed by atoms with E-state index < -0.39 is 0 Å². The fourth-order valence-electron chi connectivity index (χ4n) is 4.02. The van der Waals surface area contributed by atoms with Crippen molar-refractivity contribution in [3.05, 3.63) is 16.0 Å². The minimum Gasteiger partial charge on any atom is -0.462 e. The molecule has 168 valence electrons. The summed E-state index contributed by atoms with van der Waals surface area (Å²) in [6, 6.07) is -0.331. The third-order valence-corrected chi connectivity index (χ3v) is 7.00. The third kappa shape index (κ3) is 6.03. The molecule has 0 spiro atoms. The van der Waals surface area contributed by atoms with E-state index in [4.69, 9.17) is 9.47 Å². The van der Waals surface area contributed by atoms with Gasteiger partial charge >= 0.3 is 5.97 Å². The van der Waals surface area contributed by atoms with Crippen LogP contribution in [0.2, 0.25) is 0 Å². The number of hydrogen-bond donors (Lipinski definition) is 2. The number of anilines is 1. The molecule has 2 atom stereocenters. The zero-order valence-electron chi connectivity index (χ0n) is 18.4. The number of thiophene rings is 1. The Kier molecular flexibility index (Phi) is 8.68. The predicted molar refractivity (Wildman–Crippen MR) is 119 cm³/mol. The average Bonchev–Trinajstić information content (AvgIpc) is 3.08. The lowest BCUT2D eigenvalue weighted by Crippen LogP contribution is -2.41. The summed E-state index contributed by atoms with van der Waals surface area (Å²) in [5.74, 6) is 0.159. The van der Waals surface area contributed by atoms with E-state index in [1.165, 1.54) is 16.2 Å². The molecule has 1 aliphatic heterocycles. The molecule has 7 nitrogen and oxygen atoms in total. The van der Waals surface area contributed by atoms with Gasteiger partial charge in [-0.25, -0.2) is 4.79 Å². The first kappa shape index (κ1) is 23.2. The standard InChI is InChI=1S/C22H35N3O4S/c1-4-29-22(27)19-17-7-6-15(2)14-18(17)30-21(19)24-20(26)16(3)23-8-5-9-25-10-12-28-13-11-25/h15-16,23H,4-14H2,1-3H3,(H,24,26). The van der Waals surface area contributed by atoms with Crippen molar-refractivity contribution in [1.29, 1.82) is 0 Å². The van der Waals surface area contributed by atoms with Crippen LogP contribution in [0.5, 0.6) is 0 Å². The van der Waals surface area contributed by atoms with E-state index >= 15 is 0 Å². The average molecular weight is 438 g/mol. The highest BCUT2D eigenvalue weighted by molar-refractivity contribution is 7.17. The maximum absolute atomic E-state index is 12.8. The van der Waals surface area contributed by atoms with Crippen LogP contribution in [0.25, 0.3) is 0 Å². The minimum absolute atomic E-state index is 0.112. The fraction of sp³-hybridized carbons (Fsp3) is 0.727. The molecule has 30 heavy (non-hydrogen) atoms. The van der Waals surface area contributed by atoms with Gasteiger partial charge in [0, 0.05) is 18.0 Å². The third-order valence-electron chi connectivity index (χ3n) is 5.83. The highest BCUT2D eigenvalue weighted by Gasteiger charge is 2.29. The van der Waals surface area contributed by atoms with Crippen molar-refractivity contribution < 1.29 is 19.1 Å². The van der Waals surface area contributed by atoms with Gasteiger partial charge in [-0.15, -0.1) is 11.3 Å². The van der Waals surface area contributed by atoms with E-state index in [-0.39, 0.29) is 17.9 Å². The molecule has 0 bridgehead atoms. The smallest absolute Gasteiger partial charge is 0.341 e. The summed E-state index contributed by atoms with van der Waals surface area (Å²) in [6.07, 6.45) is 3.87. The Balaban J connectivity index is 1.56. The quantitative estimate of drug-likeness (QED) is 0.457. The molecule has 1 aromatic heterocycles. The normalized spacial score (nSPS) is 20.4. The van der Waals surface area contributed by atoms with Gasteiger partial charge in [0.15, 0.2) is 0 Å². The van der Waals surface area contributed by atoms with Crippen LogP contribution in [-0.4, -0.2) is 68.8 Å². The molecule has 8 heteroatoms. The summed E-state index contributed by atoms with van der Waals surface area (Å²) in [5, 5.41) is 6.94. The van der Waals surface area contributed by atoms with Crippen LogP contribution in [0.4, 0.5) is 5.00 Å². The number of rotatable bonds is 9. The first-order chi connectivity index (χ1) is 14.5. The van der Waals surface area contributed by atoms with Crippen molar-refractivity contribution >= 4 is 28.2 Å². The van der Waals surface area contributed by atoms with Crippen molar-refractivity contribution in [2.45, 2.75) is 52.5 Å². The number of carbonyl (C=O) groups excluding carboxylic acids is 2. The zero-order chi connectivity index (χ0) is 21.5. The van der Waals surface area contributed by atoms with Crippen molar-refractivity contribution in [2.24, 2.45) is 5.92 Å². The van der Waals surface area contributed by atoms with Crippen LogP contribution in [-0.2, 0) is 27.1 Å². The Bertz CT molecular complexity index is 730. The largest absolute Gasteiger partial charge is 0.462 e. The molecule has 1 aliphatic carbocycles. The molecular formula is C22H35N3O4S. The first-order valence-electron chi connectivity index (χ1n) is 11.2. The Hall–Kier alpha value is -1.48. The van der Waals surface area contributed by atoms with Crippen LogP contribution >= 0.6 is 11.3 Å². The molecule has 1 saturated heterocycles. The molecular weight excluding hydrogens is 402 g/mol. The number of carbonyl (C=O) groups is 2. The number of hydrogen-bond acceptors (Lipinski definition) is 7. The Morgan fingerprint density at radius 3 is 2.83 bits per heavy atom. The van der Waals surface area contributed by atoms with Gasteiger partial charge in [-0.1, -0.05) is 6.92 Å². The second-order valence-electron chi connectivity index (χ2n) is 8.25. The van der Waals surface area contributed by atoms with E-state index in [0.717, 1.165) is 70.6 Å². The van der Waals surface area contributed by atoms with Gasteiger partial charge in [-0.3, -0.25) is 9.69 Å². The van der Waals surface area contributed by atoms with E-state index in [9.17, 15) is 9.59 Å². The number of morpholine rings is 1. The molecule has 1 aromatic rings.